The van der Waals surface area contributed by atoms with Crippen molar-refractivity contribution < 1.29 is 13.2 Å². The van der Waals surface area contributed by atoms with Gasteiger partial charge in [-0.3, -0.25) is 0 Å². The van der Waals surface area contributed by atoms with Crippen LogP contribution in [0.2, 0.25) is 0 Å². The SMILES string of the molecule is CCCN(CCC(C)(C)N)Nc1ccc(C(F)(F)F)cc1C(C)[C@H](C)CI. The molecule has 3 N–H and O–H groups in total. The summed E-state index contributed by atoms with van der Waals surface area (Å²) in [6.07, 6.45) is -2.61. The lowest BCUT2D eigenvalue weighted by molar-refractivity contribution is -0.137. The zero-order chi connectivity index (χ0) is 20.8. The van der Waals surface area contributed by atoms with Crippen LogP contribution in [0.5, 0.6) is 0 Å². The first-order valence-corrected chi connectivity index (χ1v) is 11.0. The highest BCUT2D eigenvalue weighted by molar-refractivity contribution is 14.1. The van der Waals surface area contributed by atoms with Crippen LogP contribution in [0.25, 0.3) is 0 Å². The first-order valence-electron chi connectivity index (χ1n) is 9.46. The maximum atomic E-state index is 13.2. The molecule has 1 aromatic rings. The molecule has 27 heavy (non-hydrogen) atoms. The zero-order valence-electron chi connectivity index (χ0n) is 17.0. The van der Waals surface area contributed by atoms with Gasteiger partial charge in [0.05, 0.1) is 11.3 Å². The molecule has 0 aliphatic heterocycles. The monoisotopic (exact) mass is 499 g/mol. The molecule has 0 saturated heterocycles. The number of hydrazine groups is 1. The minimum absolute atomic E-state index is 0.0149. The summed E-state index contributed by atoms with van der Waals surface area (Å²) in [6, 6.07) is 4.02. The zero-order valence-corrected chi connectivity index (χ0v) is 19.1. The van der Waals surface area contributed by atoms with Crippen LogP contribution in [0, 0.1) is 5.92 Å². The van der Waals surface area contributed by atoms with Gasteiger partial charge >= 0.3 is 6.18 Å². The molecule has 0 aromatic heterocycles. The van der Waals surface area contributed by atoms with E-state index in [4.69, 9.17) is 5.73 Å². The predicted molar refractivity (Wildman–Crippen MR) is 116 cm³/mol. The van der Waals surface area contributed by atoms with Crippen molar-refractivity contribution in [2.45, 2.75) is 65.1 Å². The van der Waals surface area contributed by atoms with Crippen molar-refractivity contribution >= 4 is 28.3 Å². The van der Waals surface area contributed by atoms with E-state index in [1.165, 1.54) is 6.07 Å². The number of hydrogen-bond donors (Lipinski definition) is 2. The van der Waals surface area contributed by atoms with E-state index in [1.807, 2.05) is 20.8 Å². The molecule has 3 nitrogen and oxygen atoms in total. The van der Waals surface area contributed by atoms with E-state index in [1.54, 1.807) is 6.07 Å². The summed E-state index contributed by atoms with van der Waals surface area (Å²) in [4.78, 5) is 0. The minimum atomic E-state index is -4.34. The van der Waals surface area contributed by atoms with Gasteiger partial charge in [0.1, 0.15) is 0 Å². The number of hydrogen-bond acceptors (Lipinski definition) is 3. The second kappa shape index (κ2) is 10.3. The van der Waals surface area contributed by atoms with E-state index in [0.717, 1.165) is 42.1 Å². The molecule has 1 rings (SSSR count). The van der Waals surface area contributed by atoms with E-state index in [-0.39, 0.29) is 17.4 Å². The lowest BCUT2D eigenvalue weighted by atomic mass is 9.88. The fourth-order valence-corrected chi connectivity index (χ4v) is 3.51. The van der Waals surface area contributed by atoms with Crippen molar-refractivity contribution in [2.75, 3.05) is 22.9 Å². The van der Waals surface area contributed by atoms with Crippen LogP contribution in [0.3, 0.4) is 0 Å². The van der Waals surface area contributed by atoms with Crippen LogP contribution < -0.4 is 11.2 Å². The first kappa shape index (κ1) is 24.5. The van der Waals surface area contributed by atoms with E-state index >= 15 is 0 Å². The largest absolute Gasteiger partial charge is 0.416 e. The van der Waals surface area contributed by atoms with E-state index in [2.05, 4.69) is 46.9 Å². The Morgan fingerprint density at radius 1 is 1.19 bits per heavy atom. The Morgan fingerprint density at radius 2 is 1.81 bits per heavy atom. The highest BCUT2D eigenvalue weighted by Crippen LogP contribution is 2.37. The Labute approximate surface area is 175 Å². The lowest BCUT2D eigenvalue weighted by Gasteiger charge is -2.30. The molecule has 0 saturated carbocycles. The molecular formula is C20H33F3IN3. The summed E-state index contributed by atoms with van der Waals surface area (Å²) in [7, 11) is 0. The van der Waals surface area contributed by atoms with Gasteiger partial charge in [-0.25, -0.2) is 5.01 Å². The molecule has 156 valence electrons. The Morgan fingerprint density at radius 3 is 2.30 bits per heavy atom. The number of alkyl halides is 4. The second-order valence-corrected chi connectivity index (χ2v) is 8.94. The molecule has 0 fully saturated rings. The average Bonchev–Trinajstić information content (AvgIpc) is 2.57. The van der Waals surface area contributed by atoms with Gasteiger partial charge in [0.2, 0.25) is 0 Å². The van der Waals surface area contributed by atoms with E-state index in [9.17, 15) is 13.2 Å². The van der Waals surface area contributed by atoms with Crippen molar-refractivity contribution in [3.63, 3.8) is 0 Å². The Balaban J connectivity index is 3.18. The fraction of sp³-hybridized carbons (Fsp3) is 0.700. The van der Waals surface area contributed by atoms with Crippen LogP contribution >= 0.6 is 22.6 Å². The van der Waals surface area contributed by atoms with Gasteiger partial charge < -0.3 is 11.2 Å². The highest BCUT2D eigenvalue weighted by Gasteiger charge is 2.32. The quantitative estimate of drug-likeness (QED) is 0.234. The third kappa shape index (κ3) is 8.15. The van der Waals surface area contributed by atoms with Gasteiger partial charge in [0, 0.05) is 23.1 Å². The third-order valence-electron chi connectivity index (χ3n) is 4.76. The van der Waals surface area contributed by atoms with Gasteiger partial charge in [-0.2, -0.15) is 13.2 Å². The number of benzene rings is 1. The van der Waals surface area contributed by atoms with Crippen LogP contribution in [0.15, 0.2) is 18.2 Å². The Hall–Kier alpha value is -0.540. The molecule has 0 amide bonds. The maximum Gasteiger partial charge on any atom is 0.416 e. The van der Waals surface area contributed by atoms with Gasteiger partial charge in [-0.1, -0.05) is 43.4 Å². The van der Waals surface area contributed by atoms with Gasteiger partial charge in [-0.15, -0.1) is 0 Å². The first-order chi connectivity index (χ1) is 12.4. The molecule has 7 heteroatoms. The van der Waals surface area contributed by atoms with Crippen molar-refractivity contribution in [2.24, 2.45) is 11.7 Å². The number of nitrogens with zero attached hydrogens (tertiary/aromatic N) is 1. The molecule has 0 bridgehead atoms. The van der Waals surface area contributed by atoms with Crippen LogP contribution in [-0.4, -0.2) is 28.1 Å². The molecular weight excluding hydrogens is 466 g/mol. The molecule has 0 spiro atoms. The third-order valence-corrected chi connectivity index (χ3v) is 6.15. The Kier molecular flexibility index (Phi) is 9.34. The van der Waals surface area contributed by atoms with Crippen LogP contribution in [0.4, 0.5) is 18.9 Å². The Bertz CT molecular complexity index is 585. The molecule has 1 aromatic carbocycles. The minimum Gasteiger partial charge on any atom is -0.326 e. The van der Waals surface area contributed by atoms with Crippen molar-refractivity contribution in [3.8, 4) is 0 Å². The van der Waals surface area contributed by atoms with Gasteiger partial charge in [-0.05, 0) is 62.3 Å². The summed E-state index contributed by atoms with van der Waals surface area (Å²) >= 11 is 2.29. The lowest BCUT2D eigenvalue weighted by Crippen LogP contribution is -2.40. The highest BCUT2D eigenvalue weighted by atomic mass is 127. The topological polar surface area (TPSA) is 41.3 Å². The summed E-state index contributed by atoms with van der Waals surface area (Å²) in [5, 5.41) is 2.06. The number of halogens is 4. The summed E-state index contributed by atoms with van der Waals surface area (Å²) in [6.45, 7) is 11.6. The molecule has 0 aliphatic carbocycles. The van der Waals surface area contributed by atoms with E-state index in [0.29, 0.717) is 5.56 Å². The molecule has 2 atom stereocenters. The van der Waals surface area contributed by atoms with Crippen molar-refractivity contribution in [3.05, 3.63) is 29.3 Å². The summed E-state index contributed by atoms with van der Waals surface area (Å²) in [5.41, 5.74) is 10.0. The normalized spacial score (nSPS) is 15.1. The van der Waals surface area contributed by atoms with Crippen LogP contribution in [-0.2, 0) is 6.18 Å². The van der Waals surface area contributed by atoms with Gasteiger partial charge in [0.25, 0.3) is 0 Å². The van der Waals surface area contributed by atoms with E-state index < -0.39 is 11.7 Å². The molecule has 0 aliphatic rings. The van der Waals surface area contributed by atoms with Crippen LogP contribution in [0.1, 0.15) is 64.5 Å². The summed E-state index contributed by atoms with van der Waals surface area (Å²) < 4.78 is 40.6. The average molecular weight is 499 g/mol. The molecule has 0 heterocycles. The maximum absolute atomic E-state index is 13.2. The molecule has 1 unspecified atom stereocenters. The number of rotatable bonds is 10. The van der Waals surface area contributed by atoms with Crippen molar-refractivity contribution in [1.82, 2.24) is 5.01 Å². The van der Waals surface area contributed by atoms with Gasteiger partial charge in [0.15, 0.2) is 0 Å². The fourth-order valence-electron chi connectivity index (χ4n) is 2.74. The number of nitrogens with two attached hydrogens (primary N) is 1. The second-order valence-electron chi connectivity index (χ2n) is 8.06. The number of anilines is 1. The summed E-state index contributed by atoms with van der Waals surface area (Å²) in [5.74, 6) is 0.290. The predicted octanol–water partition coefficient (Wildman–Crippen LogP) is 6.05. The molecule has 0 radical (unpaired) electrons. The van der Waals surface area contributed by atoms with Crippen molar-refractivity contribution in [1.29, 1.82) is 0 Å². The standard InChI is InChI=1S/C20H33F3IN3/c1-6-10-27(11-9-19(4,5)25)26-18-8-7-16(20(21,22)23)12-17(18)15(3)14(2)13-24/h7-8,12,14-15,26H,6,9-11,13,25H2,1-5H3/t14-,15?/m1/s1. The smallest absolute Gasteiger partial charge is 0.326 e. The number of nitrogens with one attached hydrogen (secondary N) is 1.